The number of hydrogen-bond acceptors (Lipinski definition) is 1. The second-order valence-corrected chi connectivity index (χ2v) is 12.7. The van der Waals surface area contributed by atoms with Gasteiger partial charge in [-0.05, 0) is 51.6 Å². The number of allylic oxidation sites excluding steroid dienone is 2. The smallest absolute Gasteiger partial charge is 0.00489 e. The second-order valence-electron chi connectivity index (χ2n) is 12.7. The van der Waals surface area contributed by atoms with Crippen molar-refractivity contribution < 1.29 is 0 Å². The van der Waals surface area contributed by atoms with E-state index in [-0.39, 0.29) is 0 Å². The van der Waals surface area contributed by atoms with Gasteiger partial charge in [0, 0.05) is 0 Å². The molecule has 0 unspecified atom stereocenters. The molecule has 1 heteroatoms. The normalized spacial score (nSPS) is 11.7. The zero-order valence-electron chi connectivity index (χ0n) is 27.7. The number of hydrogen-bond donors (Lipinski definition) is 1. The van der Waals surface area contributed by atoms with Gasteiger partial charge >= 0.3 is 0 Å². The molecular weight excluding hydrogens is 470 g/mol. The first-order valence-electron chi connectivity index (χ1n) is 18.8. The molecular formula is C38H77N. The summed E-state index contributed by atoms with van der Waals surface area (Å²) in [6.07, 6.45) is 50.7. The van der Waals surface area contributed by atoms with Crippen LogP contribution in [0.4, 0.5) is 0 Å². The zero-order chi connectivity index (χ0) is 28.2. The molecule has 0 aromatic heterocycles. The van der Waals surface area contributed by atoms with Crippen LogP contribution in [0.1, 0.15) is 219 Å². The van der Waals surface area contributed by atoms with Crippen LogP contribution in [0.2, 0.25) is 0 Å². The maximum Gasteiger partial charge on any atom is -0.00489 e. The van der Waals surface area contributed by atoms with Crippen molar-refractivity contribution in [1.29, 1.82) is 0 Å². The Morgan fingerprint density at radius 3 is 0.795 bits per heavy atom. The van der Waals surface area contributed by atoms with Crippen molar-refractivity contribution >= 4 is 0 Å². The topological polar surface area (TPSA) is 12.0 Å². The molecule has 0 atom stereocenters. The van der Waals surface area contributed by atoms with Crippen molar-refractivity contribution in [1.82, 2.24) is 5.32 Å². The third-order valence-corrected chi connectivity index (χ3v) is 8.57. The van der Waals surface area contributed by atoms with E-state index in [1.807, 2.05) is 0 Å². The first-order valence-corrected chi connectivity index (χ1v) is 18.8. The summed E-state index contributed by atoms with van der Waals surface area (Å²) in [7, 11) is 0. The van der Waals surface area contributed by atoms with Crippen molar-refractivity contribution in [2.24, 2.45) is 0 Å². The Morgan fingerprint density at radius 1 is 0.282 bits per heavy atom. The van der Waals surface area contributed by atoms with Crippen molar-refractivity contribution in [3.8, 4) is 0 Å². The predicted molar refractivity (Wildman–Crippen MR) is 181 cm³/mol. The van der Waals surface area contributed by atoms with Crippen LogP contribution in [0.25, 0.3) is 0 Å². The summed E-state index contributed by atoms with van der Waals surface area (Å²) in [5.41, 5.74) is 0. The van der Waals surface area contributed by atoms with E-state index in [1.54, 1.807) is 0 Å². The number of nitrogens with one attached hydrogen (secondary N) is 1. The van der Waals surface area contributed by atoms with Crippen LogP contribution in [0.5, 0.6) is 0 Å². The van der Waals surface area contributed by atoms with Crippen LogP contribution in [0, 0.1) is 0 Å². The van der Waals surface area contributed by atoms with Crippen LogP contribution < -0.4 is 5.32 Å². The van der Waals surface area contributed by atoms with E-state index in [9.17, 15) is 0 Å². The van der Waals surface area contributed by atoms with Gasteiger partial charge in [-0.2, -0.15) is 0 Å². The lowest BCUT2D eigenvalue weighted by molar-refractivity contribution is 0.518. The lowest BCUT2D eigenvalue weighted by Gasteiger charge is -2.06. The van der Waals surface area contributed by atoms with E-state index in [2.05, 4.69) is 31.3 Å². The molecule has 0 amide bonds. The van der Waals surface area contributed by atoms with Crippen molar-refractivity contribution in [3.63, 3.8) is 0 Å². The Kier molecular flexibility index (Phi) is 37.4. The molecule has 0 aromatic carbocycles. The Morgan fingerprint density at radius 2 is 0.513 bits per heavy atom. The molecule has 0 saturated heterocycles. The quantitative estimate of drug-likeness (QED) is 0.0614. The molecule has 0 spiro atoms. The maximum absolute atomic E-state index is 3.68. The lowest BCUT2D eigenvalue weighted by Crippen LogP contribution is -2.16. The highest BCUT2D eigenvalue weighted by atomic mass is 14.8. The second kappa shape index (κ2) is 37.7. The third kappa shape index (κ3) is 37.7. The summed E-state index contributed by atoms with van der Waals surface area (Å²) in [5, 5.41) is 3.68. The minimum Gasteiger partial charge on any atom is -0.317 e. The van der Waals surface area contributed by atoms with Gasteiger partial charge < -0.3 is 5.32 Å². The van der Waals surface area contributed by atoms with Crippen molar-refractivity contribution in [2.45, 2.75) is 219 Å². The molecule has 234 valence electrons. The lowest BCUT2D eigenvalue weighted by atomic mass is 10.0. The number of rotatable bonds is 35. The summed E-state index contributed by atoms with van der Waals surface area (Å²) in [6, 6.07) is 0. The Hall–Kier alpha value is -0.300. The molecule has 39 heavy (non-hydrogen) atoms. The summed E-state index contributed by atoms with van der Waals surface area (Å²) in [6.45, 7) is 7.08. The largest absolute Gasteiger partial charge is 0.317 e. The highest BCUT2D eigenvalue weighted by Gasteiger charge is 1.96. The summed E-state index contributed by atoms with van der Waals surface area (Å²) >= 11 is 0. The van der Waals surface area contributed by atoms with E-state index in [0.29, 0.717) is 0 Å². The molecule has 0 saturated carbocycles. The summed E-state index contributed by atoms with van der Waals surface area (Å²) in [4.78, 5) is 0. The molecule has 0 aliphatic rings. The van der Waals surface area contributed by atoms with Crippen molar-refractivity contribution in [2.75, 3.05) is 13.1 Å². The highest BCUT2D eigenvalue weighted by Crippen LogP contribution is 2.14. The van der Waals surface area contributed by atoms with Gasteiger partial charge in [0.2, 0.25) is 0 Å². The first-order chi connectivity index (χ1) is 19.4. The Bertz CT molecular complexity index is 428. The van der Waals surface area contributed by atoms with Gasteiger partial charge in [-0.15, -0.1) is 0 Å². The summed E-state index contributed by atoms with van der Waals surface area (Å²) in [5.74, 6) is 0. The minimum atomic E-state index is 1.24. The van der Waals surface area contributed by atoms with Gasteiger partial charge in [-0.1, -0.05) is 193 Å². The SMILES string of the molecule is CCCCCCCC/C=C/CCCCCCCCNCCCCCCCCCCCCCCCCCCCC. The van der Waals surface area contributed by atoms with Crippen LogP contribution in [-0.4, -0.2) is 13.1 Å². The molecule has 0 aromatic rings. The van der Waals surface area contributed by atoms with Gasteiger partial charge in [0.25, 0.3) is 0 Å². The predicted octanol–water partition coefficient (Wildman–Crippen LogP) is 13.7. The molecule has 0 radical (unpaired) electrons. The first kappa shape index (κ1) is 38.7. The monoisotopic (exact) mass is 548 g/mol. The van der Waals surface area contributed by atoms with Gasteiger partial charge in [-0.25, -0.2) is 0 Å². The number of unbranched alkanes of at least 4 members (excludes halogenated alkanes) is 29. The fraction of sp³-hybridized carbons (Fsp3) is 0.947. The Labute approximate surface area is 249 Å². The van der Waals surface area contributed by atoms with Crippen LogP contribution in [0.15, 0.2) is 12.2 Å². The molecule has 0 aliphatic heterocycles. The van der Waals surface area contributed by atoms with Crippen molar-refractivity contribution in [3.05, 3.63) is 12.2 Å². The summed E-state index contributed by atoms with van der Waals surface area (Å²) < 4.78 is 0. The molecule has 0 aliphatic carbocycles. The van der Waals surface area contributed by atoms with E-state index in [1.165, 1.54) is 219 Å². The van der Waals surface area contributed by atoms with Gasteiger partial charge in [0.1, 0.15) is 0 Å². The molecule has 1 N–H and O–H groups in total. The Balaban J connectivity index is 3.05. The average Bonchev–Trinajstić information content (AvgIpc) is 2.95. The minimum absolute atomic E-state index is 1.24. The maximum atomic E-state index is 3.68. The van der Waals surface area contributed by atoms with E-state index in [0.717, 1.165) is 0 Å². The van der Waals surface area contributed by atoms with Crippen LogP contribution in [-0.2, 0) is 0 Å². The van der Waals surface area contributed by atoms with Gasteiger partial charge in [0.15, 0.2) is 0 Å². The molecule has 0 fully saturated rings. The molecule has 0 bridgehead atoms. The van der Waals surface area contributed by atoms with E-state index < -0.39 is 0 Å². The molecule has 0 rings (SSSR count). The standard InChI is InChI=1S/C38H77N/c1-3-5-7-9-11-13-15-17-19-21-22-24-26-28-30-32-34-36-38-39-37-35-33-31-29-27-25-23-20-18-16-14-12-10-8-6-4-2/h18,20,39H,3-17,19,21-38H2,1-2H3/b20-18+. The molecule has 0 heterocycles. The third-order valence-electron chi connectivity index (χ3n) is 8.57. The van der Waals surface area contributed by atoms with E-state index in [4.69, 9.17) is 0 Å². The van der Waals surface area contributed by atoms with Crippen LogP contribution >= 0.6 is 0 Å². The highest BCUT2D eigenvalue weighted by molar-refractivity contribution is 4.81. The van der Waals surface area contributed by atoms with Gasteiger partial charge in [-0.3, -0.25) is 0 Å². The zero-order valence-corrected chi connectivity index (χ0v) is 27.7. The van der Waals surface area contributed by atoms with Gasteiger partial charge in [0.05, 0.1) is 0 Å². The average molecular weight is 548 g/mol. The van der Waals surface area contributed by atoms with Crippen LogP contribution in [0.3, 0.4) is 0 Å². The fourth-order valence-electron chi connectivity index (χ4n) is 5.77. The van der Waals surface area contributed by atoms with E-state index >= 15 is 0 Å². The molecule has 1 nitrogen and oxygen atoms in total. The fourth-order valence-corrected chi connectivity index (χ4v) is 5.77.